The van der Waals surface area contributed by atoms with Crippen LogP contribution in [0.15, 0.2) is 24.3 Å². The molecule has 0 saturated heterocycles. The Balaban J connectivity index is 1.83. The summed E-state index contributed by atoms with van der Waals surface area (Å²) in [6, 6.07) is 0. The number of carbonyl (C=O) groups is 4. The first-order valence-corrected chi connectivity index (χ1v) is 12.3. The minimum Gasteiger partial charge on any atom is -0.465 e. The second-order valence-electron chi connectivity index (χ2n) is 11.0. The second kappa shape index (κ2) is 7.92. The van der Waals surface area contributed by atoms with E-state index in [4.69, 9.17) is 9.47 Å². The van der Waals surface area contributed by atoms with E-state index >= 15 is 0 Å². The van der Waals surface area contributed by atoms with Crippen molar-refractivity contribution < 1.29 is 28.7 Å². The maximum atomic E-state index is 13.9. The van der Waals surface area contributed by atoms with Gasteiger partial charge in [0.2, 0.25) is 0 Å². The Bertz CT molecular complexity index is 948. The molecule has 4 aliphatic carbocycles. The molecule has 0 radical (unpaired) electrons. The average Bonchev–Trinajstić information content (AvgIpc) is 3.54. The van der Waals surface area contributed by atoms with Gasteiger partial charge in [-0.05, 0) is 61.5 Å². The molecular weight excluding hydrogens is 420 g/mol. The maximum absolute atomic E-state index is 13.9. The molecule has 4 rings (SSSR count). The fourth-order valence-corrected chi connectivity index (χ4v) is 7.50. The Morgan fingerprint density at radius 2 is 1.52 bits per heavy atom. The van der Waals surface area contributed by atoms with Gasteiger partial charge in [0.15, 0.2) is 11.6 Å². The molecule has 0 aromatic heterocycles. The first kappa shape index (κ1) is 23.9. The minimum atomic E-state index is -1.25. The van der Waals surface area contributed by atoms with Crippen molar-refractivity contribution in [3.63, 3.8) is 0 Å². The summed E-state index contributed by atoms with van der Waals surface area (Å²) in [5.41, 5.74) is -1.32. The predicted molar refractivity (Wildman–Crippen MR) is 122 cm³/mol. The van der Waals surface area contributed by atoms with Crippen LogP contribution in [0.5, 0.6) is 0 Å². The molecule has 7 atom stereocenters. The van der Waals surface area contributed by atoms with Gasteiger partial charge in [0.1, 0.15) is 0 Å². The molecule has 33 heavy (non-hydrogen) atoms. The van der Waals surface area contributed by atoms with Crippen LogP contribution in [0.4, 0.5) is 0 Å². The number of ketones is 2. The molecule has 0 aliphatic heterocycles. The number of hydrogen-bond donors (Lipinski definition) is 0. The van der Waals surface area contributed by atoms with Gasteiger partial charge in [-0.25, -0.2) is 0 Å². The van der Waals surface area contributed by atoms with Gasteiger partial charge in [-0.1, -0.05) is 33.9 Å². The maximum Gasteiger partial charge on any atom is 0.305 e. The third kappa shape index (κ3) is 3.19. The highest BCUT2D eigenvalue weighted by Crippen LogP contribution is 2.76. The summed E-state index contributed by atoms with van der Waals surface area (Å²) >= 11 is 0. The summed E-state index contributed by atoms with van der Waals surface area (Å²) in [6.07, 6.45) is 3.68. The number of carbonyl (C=O) groups excluding carboxylic acids is 4. The Morgan fingerprint density at radius 1 is 0.970 bits per heavy atom. The van der Waals surface area contributed by atoms with Crippen molar-refractivity contribution in [1.82, 2.24) is 0 Å². The molecule has 0 aromatic carbocycles. The van der Waals surface area contributed by atoms with E-state index in [2.05, 4.69) is 13.2 Å². The topological polar surface area (TPSA) is 86.7 Å². The Hall–Kier alpha value is -2.24. The fraction of sp³-hybridized carbons (Fsp3) is 0.704. The van der Waals surface area contributed by atoms with Crippen molar-refractivity contribution in [2.75, 3.05) is 13.2 Å². The number of esters is 2. The number of ether oxygens (including phenoxy) is 2. The molecule has 0 N–H and O–H groups in total. The minimum absolute atomic E-state index is 0.0556. The summed E-state index contributed by atoms with van der Waals surface area (Å²) in [6.45, 7) is 15.9. The van der Waals surface area contributed by atoms with Gasteiger partial charge in [-0.3, -0.25) is 19.2 Å². The zero-order valence-corrected chi connectivity index (χ0v) is 20.3. The van der Waals surface area contributed by atoms with Crippen molar-refractivity contribution in [2.45, 2.75) is 66.2 Å². The average molecular weight is 457 g/mol. The molecule has 0 aromatic rings. The summed E-state index contributed by atoms with van der Waals surface area (Å²) in [5.74, 6) is -1.28. The van der Waals surface area contributed by atoms with Crippen LogP contribution in [-0.2, 0) is 28.7 Å². The fourth-order valence-electron chi connectivity index (χ4n) is 7.50. The van der Waals surface area contributed by atoms with Crippen LogP contribution in [0.3, 0.4) is 0 Å². The molecule has 180 valence electrons. The van der Waals surface area contributed by atoms with Crippen LogP contribution in [0.1, 0.15) is 66.2 Å². The third-order valence-electron chi connectivity index (χ3n) is 9.42. The molecule has 0 amide bonds. The van der Waals surface area contributed by atoms with Crippen LogP contribution < -0.4 is 0 Å². The summed E-state index contributed by atoms with van der Waals surface area (Å²) < 4.78 is 11.4. The van der Waals surface area contributed by atoms with E-state index in [1.54, 1.807) is 20.8 Å². The highest BCUT2D eigenvalue weighted by atomic mass is 16.5. The van der Waals surface area contributed by atoms with E-state index in [-0.39, 0.29) is 66.3 Å². The van der Waals surface area contributed by atoms with E-state index in [9.17, 15) is 19.2 Å². The van der Waals surface area contributed by atoms with Gasteiger partial charge < -0.3 is 9.47 Å². The molecule has 4 fully saturated rings. The summed E-state index contributed by atoms with van der Waals surface area (Å²) in [5, 5.41) is 0. The van der Waals surface area contributed by atoms with Gasteiger partial charge in [0, 0.05) is 29.6 Å². The normalized spacial score (nSPS) is 41.6. The first-order valence-electron chi connectivity index (χ1n) is 12.3. The van der Waals surface area contributed by atoms with E-state index in [1.807, 2.05) is 6.92 Å². The first-order chi connectivity index (χ1) is 15.5. The molecule has 4 saturated carbocycles. The van der Waals surface area contributed by atoms with Crippen molar-refractivity contribution in [3.8, 4) is 0 Å². The van der Waals surface area contributed by atoms with E-state index in [0.29, 0.717) is 29.9 Å². The molecule has 6 heteroatoms. The quantitative estimate of drug-likeness (QED) is 0.338. The standard InChI is InChI=1S/C27H36O6/c1-7-20(28)32-13-26-10-9-18-12-27(18,14-33-21(29)8-2)22(26)17(5)24(31)25(6)19(26)11-15(3)16(4)23(25)30/h15,18-19,22H,4-5,7-14H2,1-3,6H3. The van der Waals surface area contributed by atoms with Crippen molar-refractivity contribution >= 4 is 23.5 Å². The van der Waals surface area contributed by atoms with E-state index < -0.39 is 10.8 Å². The molecule has 4 aliphatic rings. The lowest BCUT2D eigenvalue weighted by atomic mass is 9.40. The lowest BCUT2D eigenvalue weighted by Gasteiger charge is -2.62. The van der Waals surface area contributed by atoms with Crippen LogP contribution in [0.2, 0.25) is 0 Å². The lowest BCUT2D eigenvalue weighted by molar-refractivity contribution is -0.179. The van der Waals surface area contributed by atoms with Crippen LogP contribution in [-0.4, -0.2) is 36.7 Å². The Kier molecular flexibility index (Phi) is 5.73. The highest BCUT2D eigenvalue weighted by Gasteiger charge is 2.76. The Labute approximate surface area is 196 Å². The summed E-state index contributed by atoms with van der Waals surface area (Å²) in [7, 11) is 0. The van der Waals surface area contributed by atoms with Gasteiger partial charge in [0.05, 0.1) is 18.6 Å². The smallest absolute Gasteiger partial charge is 0.305 e. The number of hydrogen-bond acceptors (Lipinski definition) is 6. The van der Waals surface area contributed by atoms with Crippen LogP contribution in [0.25, 0.3) is 0 Å². The molecule has 6 nitrogen and oxygen atoms in total. The van der Waals surface area contributed by atoms with Gasteiger partial charge in [-0.2, -0.15) is 0 Å². The van der Waals surface area contributed by atoms with Gasteiger partial charge in [-0.15, -0.1) is 0 Å². The monoisotopic (exact) mass is 456 g/mol. The van der Waals surface area contributed by atoms with Crippen molar-refractivity contribution in [2.24, 2.45) is 39.9 Å². The molecule has 0 bridgehead atoms. The summed E-state index contributed by atoms with van der Waals surface area (Å²) in [4.78, 5) is 51.7. The van der Waals surface area contributed by atoms with Gasteiger partial charge >= 0.3 is 11.9 Å². The number of fused-ring (bicyclic) bond motifs is 5. The van der Waals surface area contributed by atoms with Crippen LogP contribution >= 0.6 is 0 Å². The number of rotatable bonds is 6. The molecular formula is C27H36O6. The van der Waals surface area contributed by atoms with Gasteiger partial charge in [0.25, 0.3) is 0 Å². The molecule has 0 heterocycles. The van der Waals surface area contributed by atoms with E-state index in [0.717, 1.165) is 19.3 Å². The largest absolute Gasteiger partial charge is 0.465 e. The van der Waals surface area contributed by atoms with Crippen LogP contribution in [0, 0.1) is 39.9 Å². The number of Topliss-reactive ketones (excluding diaryl/α,β-unsaturated/α-hetero) is 2. The van der Waals surface area contributed by atoms with Crippen molar-refractivity contribution in [1.29, 1.82) is 0 Å². The number of allylic oxidation sites excluding steroid dienone is 2. The zero-order valence-electron chi connectivity index (χ0n) is 20.3. The zero-order chi connectivity index (χ0) is 24.3. The molecule has 7 unspecified atom stereocenters. The second-order valence-corrected chi connectivity index (χ2v) is 11.0. The Morgan fingerprint density at radius 3 is 2.09 bits per heavy atom. The highest BCUT2D eigenvalue weighted by molar-refractivity contribution is 6.20. The van der Waals surface area contributed by atoms with Crippen molar-refractivity contribution in [3.05, 3.63) is 24.3 Å². The SMILES string of the molecule is C=C1C(=O)C2(C)C(=O)C(=C)C3C4(COC(=O)CC)CC4CCC3(COC(=O)CC)C2CC1C. The lowest BCUT2D eigenvalue weighted by Crippen LogP contribution is -2.66. The molecule has 0 spiro atoms. The third-order valence-corrected chi connectivity index (χ3v) is 9.42. The van der Waals surface area contributed by atoms with E-state index in [1.165, 1.54) is 0 Å². The predicted octanol–water partition coefficient (Wildman–Crippen LogP) is 4.22.